The normalized spacial score (nSPS) is 12.8. The number of hydrogen-bond donors (Lipinski definition) is 3. The van der Waals surface area contributed by atoms with Gasteiger partial charge in [0.1, 0.15) is 0 Å². The van der Waals surface area contributed by atoms with Crippen molar-refractivity contribution >= 4 is 0 Å². The molecule has 0 spiro atoms. The number of aromatic nitrogens is 1. The quantitative estimate of drug-likeness (QED) is 0.617. The number of rotatable bonds is 5. The van der Waals surface area contributed by atoms with E-state index in [1.54, 1.807) is 6.20 Å². The Morgan fingerprint density at radius 1 is 1.64 bits per heavy atom. The third kappa shape index (κ3) is 2.77. The fourth-order valence-corrected chi connectivity index (χ4v) is 1.40. The molecule has 0 radical (unpaired) electrons. The van der Waals surface area contributed by atoms with Crippen LogP contribution in [0, 0.1) is 6.92 Å². The van der Waals surface area contributed by atoms with E-state index < -0.39 is 0 Å². The summed E-state index contributed by atoms with van der Waals surface area (Å²) in [6.07, 6.45) is 3.58. The van der Waals surface area contributed by atoms with Crippen molar-refractivity contribution in [2.75, 3.05) is 19.7 Å². The highest BCUT2D eigenvalue weighted by atomic mass is 16.3. The third-order valence-corrected chi connectivity index (χ3v) is 2.19. The maximum Gasteiger partial charge on any atom is 0.0556 e. The van der Waals surface area contributed by atoms with Crippen molar-refractivity contribution < 1.29 is 5.11 Å². The molecule has 1 heterocycles. The summed E-state index contributed by atoms with van der Waals surface area (Å²) in [7, 11) is 0. The third-order valence-electron chi connectivity index (χ3n) is 2.19. The van der Waals surface area contributed by atoms with Gasteiger partial charge in [-0.2, -0.15) is 0 Å². The number of aryl methyl sites for hydroxylation is 1. The zero-order chi connectivity index (χ0) is 10.4. The van der Waals surface area contributed by atoms with Gasteiger partial charge in [0.25, 0.3) is 0 Å². The van der Waals surface area contributed by atoms with Gasteiger partial charge in [-0.25, -0.2) is 0 Å². The van der Waals surface area contributed by atoms with Crippen LogP contribution in [0.3, 0.4) is 0 Å². The van der Waals surface area contributed by atoms with Crippen LogP contribution < -0.4 is 11.1 Å². The minimum atomic E-state index is 0.0795. The predicted molar refractivity (Wildman–Crippen MR) is 55.9 cm³/mol. The lowest BCUT2D eigenvalue weighted by Gasteiger charge is -2.17. The first-order valence-corrected chi connectivity index (χ1v) is 4.74. The molecular formula is C10H17N3O. The Morgan fingerprint density at radius 3 is 3.00 bits per heavy atom. The molecule has 4 heteroatoms. The van der Waals surface area contributed by atoms with Crippen molar-refractivity contribution in [2.45, 2.75) is 13.0 Å². The van der Waals surface area contributed by atoms with E-state index in [9.17, 15) is 0 Å². The van der Waals surface area contributed by atoms with Gasteiger partial charge in [-0.1, -0.05) is 0 Å². The summed E-state index contributed by atoms with van der Waals surface area (Å²) < 4.78 is 0. The number of hydrogen-bond acceptors (Lipinski definition) is 4. The van der Waals surface area contributed by atoms with Gasteiger partial charge in [0.15, 0.2) is 0 Å². The largest absolute Gasteiger partial charge is 0.395 e. The van der Waals surface area contributed by atoms with Gasteiger partial charge in [-0.05, 0) is 24.1 Å². The number of nitrogens with zero attached hydrogens (tertiary/aromatic N) is 1. The van der Waals surface area contributed by atoms with Gasteiger partial charge >= 0.3 is 0 Å². The summed E-state index contributed by atoms with van der Waals surface area (Å²) in [5.74, 6) is 0. The Bertz CT molecular complexity index is 278. The summed E-state index contributed by atoms with van der Waals surface area (Å²) in [6.45, 7) is 3.21. The second-order valence-corrected chi connectivity index (χ2v) is 3.20. The van der Waals surface area contributed by atoms with Gasteiger partial charge in [0.2, 0.25) is 0 Å². The highest BCUT2D eigenvalue weighted by Gasteiger charge is 2.10. The van der Waals surface area contributed by atoms with E-state index in [4.69, 9.17) is 10.8 Å². The zero-order valence-corrected chi connectivity index (χ0v) is 8.40. The molecule has 0 aliphatic carbocycles. The van der Waals surface area contributed by atoms with Gasteiger partial charge < -0.3 is 16.2 Å². The van der Waals surface area contributed by atoms with Crippen LogP contribution in [0.15, 0.2) is 18.5 Å². The smallest absolute Gasteiger partial charge is 0.0556 e. The Hall–Kier alpha value is -0.970. The molecule has 0 saturated carbocycles. The van der Waals surface area contributed by atoms with Crippen LogP contribution >= 0.6 is 0 Å². The van der Waals surface area contributed by atoms with Crippen LogP contribution in [0.5, 0.6) is 0 Å². The molecule has 0 aliphatic heterocycles. The van der Waals surface area contributed by atoms with Crippen molar-refractivity contribution in [1.29, 1.82) is 0 Å². The maximum absolute atomic E-state index is 8.71. The molecule has 78 valence electrons. The number of aliphatic hydroxyl groups is 1. The number of pyridine rings is 1. The average molecular weight is 195 g/mol. The van der Waals surface area contributed by atoms with Crippen LogP contribution in [0.4, 0.5) is 0 Å². The average Bonchev–Trinajstić information content (AvgIpc) is 2.21. The van der Waals surface area contributed by atoms with E-state index in [0.717, 1.165) is 5.56 Å². The van der Waals surface area contributed by atoms with Crippen molar-refractivity contribution in [3.63, 3.8) is 0 Å². The van der Waals surface area contributed by atoms with E-state index in [-0.39, 0.29) is 12.6 Å². The number of nitrogens with one attached hydrogen (secondary N) is 1. The van der Waals surface area contributed by atoms with Gasteiger partial charge in [-0.3, -0.25) is 4.98 Å². The molecule has 0 saturated heterocycles. The lowest BCUT2D eigenvalue weighted by atomic mass is 10.0. The summed E-state index contributed by atoms with van der Waals surface area (Å²) >= 11 is 0. The fourth-order valence-electron chi connectivity index (χ4n) is 1.40. The molecule has 0 aromatic carbocycles. The standard InChI is InChI=1S/C10H17N3O/c1-8-2-3-12-7-9(8)10(6-11)13-4-5-14/h2-3,7,10,13-14H,4-6,11H2,1H3. The van der Waals surface area contributed by atoms with Crippen molar-refractivity contribution in [3.05, 3.63) is 29.6 Å². The van der Waals surface area contributed by atoms with Crippen LogP contribution in [-0.4, -0.2) is 29.8 Å². The lowest BCUT2D eigenvalue weighted by molar-refractivity contribution is 0.285. The van der Waals surface area contributed by atoms with E-state index in [0.29, 0.717) is 13.1 Å². The minimum absolute atomic E-state index is 0.0795. The summed E-state index contributed by atoms with van der Waals surface area (Å²) in [5.41, 5.74) is 7.91. The number of nitrogens with two attached hydrogens (primary N) is 1. The van der Waals surface area contributed by atoms with E-state index >= 15 is 0 Å². The molecule has 0 aliphatic rings. The first-order chi connectivity index (χ1) is 6.79. The van der Waals surface area contributed by atoms with Crippen molar-refractivity contribution in [3.8, 4) is 0 Å². The van der Waals surface area contributed by atoms with E-state index in [1.807, 2.05) is 19.2 Å². The molecule has 1 rings (SSSR count). The molecule has 1 atom stereocenters. The monoisotopic (exact) mass is 195 g/mol. The first kappa shape index (κ1) is 11.1. The van der Waals surface area contributed by atoms with Gasteiger partial charge in [-0.15, -0.1) is 0 Å². The zero-order valence-electron chi connectivity index (χ0n) is 8.40. The Labute approximate surface area is 84.2 Å². The summed E-state index contributed by atoms with van der Waals surface area (Å²) in [4.78, 5) is 4.06. The molecular weight excluding hydrogens is 178 g/mol. The molecule has 1 aromatic rings. The van der Waals surface area contributed by atoms with Crippen molar-refractivity contribution in [2.24, 2.45) is 5.73 Å². The highest BCUT2D eigenvalue weighted by Crippen LogP contribution is 2.14. The van der Waals surface area contributed by atoms with E-state index in [2.05, 4.69) is 10.3 Å². The molecule has 1 unspecified atom stereocenters. The molecule has 1 aromatic heterocycles. The van der Waals surface area contributed by atoms with Gasteiger partial charge in [0, 0.05) is 31.5 Å². The van der Waals surface area contributed by atoms with Crippen molar-refractivity contribution in [1.82, 2.24) is 10.3 Å². The maximum atomic E-state index is 8.71. The molecule has 0 bridgehead atoms. The minimum Gasteiger partial charge on any atom is -0.395 e. The fraction of sp³-hybridized carbons (Fsp3) is 0.500. The molecule has 4 nitrogen and oxygen atoms in total. The first-order valence-electron chi connectivity index (χ1n) is 4.74. The Kier molecular flexibility index (Phi) is 4.52. The Balaban J connectivity index is 2.73. The highest BCUT2D eigenvalue weighted by molar-refractivity contribution is 5.25. The van der Waals surface area contributed by atoms with Crippen LogP contribution in [0.2, 0.25) is 0 Å². The predicted octanol–water partition coefficient (Wildman–Crippen LogP) is -0.0283. The van der Waals surface area contributed by atoms with Crippen LogP contribution in [0.25, 0.3) is 0 Å². The summed E-state index contributed by atoms with van der Waals surface area (Å²) in [6, 6.07) is 2.04. The second-order valence-electron chi connectivity index (χ2n) is 3.20. The van der Waals surface area contributed by atoms with Crippen LogP contribution in [-0.2, 0) is 0 Å². The SMILES string of the molecule is Cc1ccncc1C(CN)NCCO. The molecule has 4 N–H and O–H groups in total. The lowest BCUT2D eigenvalue weighted by Crippen LogP contribution is -2.30. The molecule has 0 fully saturated rings. The second kappa shape index (κ2) is 5.70. The molecule has 14 heavy (non-hydrogen) atoms. The number of aliphatic hydroxyl groups excluding tert-OH is 1. The van der Waals surface area contributed by atoms with Gasteiger partial charge in [0.05, 0.1) is 6.61 Å². The van der Waals surface area contributed by atoms with Crippen LogP contribution in [0.1, 0.15) is 17.2 Å². The van der Waals surface area contributed by atoms with E-state index in [1.165, 1.54) is 5.56 Å². The topological polar surface area (TPSA) is 71.2 Å². The Morgan fingerprint density at radius 2 is 2.43 bits per heavy atom. The molecule has 0 amide bonds. The summed E-state index contributed by atoms with van der Waals surface area (Å²) in [5, 5.41) is 11.9.